The Morgan fingerprint density at radius 3 is 2.65 bits per heavy atom. The predicted octanol–water partition coefficient (Wildman–Crippen LogP) is 3.67. The fourth-order valence-electron chi connectivity index (χ4n) is 1.98. The van der Waals surface area contributed by atoms with Crippen molar-refractivity contribution in [2.45, 2.75) is 36.9 Å². The molecule has 0 radical (unpaired) electrons. The quantitative estimate of drug-likeness (QED) is 0.269. The van der Waals surface area contributed by atoms with Gasteiger partial charge in [-0.05, 0) is 45.1 Å². The molecule has 6 nitrogen and oxygen atoms in total. The van der Waals surface area contributed by atoms with Crippen molar-refractivity contribution in [3.63, 3.8) is 0 Å². The molecule has 26 heavy (non-hydrogen) atoms. The summed E-state index contributed by atoms with van der Waals surface area (Å²) in [5.74, 6) is -0.0462. The van der Waals surface area contributed by atoms with E-state index in [0.717, 1.165) is 17.5 Å². The number of ether oxygens (including phenoxy) is 2. The monoisotopic (exact) mass is 412 g/mol. The molecule has 1 unspecified atom stereocenters. The maximum Gasteiger partial charge on any atom is 0.327 e. The molecule has 1 heterocycles. The van der Waals surface area contributed by atoms with Crippen LogP contribution in [0.2, 0.25) is 0 Å². The van der Waals surface area contributed by atoms with E-state index in [4.69, 9.17) is 21.7 Å². The van der Waals surface area contributed by atoms with Crippen LogP contribution in [0.15, 0.2) is 28.6 Å². The average Bonchev–Trinajstić information content (AvgIpc) is 2.94. The van der Waals surface area contributed by atoms with E-state index in [0.29, 0.717) is 21.4 Å². The van der Waals surface area contributed by atoms with Crippen molar-refractivity contribution < 1.29 is 19.1 Å². The molecule has 0 aliphatic rings. The van der Waals surface area contributed by atoms with Crippen LogP contribution in [-0.4, -0.2) is 40.0 Å². The summed E-state index contributed by atoms with van der Waals surface area (Å²) in [7, 11) is 0. The number of nitrogens with zero attached hydrogens (tertiary/aromatic N) is 2. The van der Waals surface area contributed by atoms with Crippen molar-refractivity contribution in [1.82, 2.24) is 9.78 Å². The Morgan fingerprint density at radius 1 is 1.35 bits per heavy atom. The number of rotatable bonds is 9. The summed E-state index contributed by atoms with van der Waals surface area (Å²) < 4.78 is 13.4. The van der Waals surface area contributed by atoms with E-state index in [1.54, 1.807) is 11.6 Å². The largest absolute Gasteiger partial charge is 0.492 e. The van der Waals surface area contributed by atoms with Gasteiger partial charge in [0.15, 0.2) is 19.3 Å². The van der Waals surface area contributed by atoms with Crippen LogP contribution in [0.4, 0.5) is 0 Å². The lowest BCUT2D eigenvalue weighted by molar-refractivity contribution is -0.144. The predicted molar refractivity (Wildman–Crippen MR) is 105 cm³/mol. The van der Waals surface area contributed by atoms with E-state index in [2.05, 4.69) is 5.10 Å². The van der Waals surface area contributed by atoms with E-state index < -0.39 is 11.2 Å². The van der Waals surface area contributed by atoms with Crippen molar-refractivity contribution in [3.05, 3.63) is 33.8 Å². The molecule has 9 heteroatoms. The van der Waals surface area contributed by atoms with Gasteiger partial charge in [0, 0.05) is 0 Å². The van der Waals surface area contributed by atoms with Crippen LogP contribution in [0.25, 0.3) is 0 Å². The van der Waals surface area contributed by atoms with Gasteiger partial charge in [0.25, 0.3) is 0 Å². The number of aromatic nitrogens is 2. The Hall–Kier alpha value is -1.71. The maximum absolute atomic E-state index is 11.9. The van der Waals surface area contributed by atoms with Crippen LogP contribution in [0.1, 0.15) is 19.4 Å². The van der Waals surface area contributed by atoms with Crippen molar-refractivity contribution in [1.29, 1.82) is 0 Å². The van der Waals surface area contributed by atoms with Gasteiger partial charge in [-0.15, -0.1) is 0 Å². The number of ketones is 1. The maximum atomic E-state index is 11.9. The van der Waals surface area contributed by atoms with E-state index in [1.807, 2.05) is 31.2 Å². The highest BCUT2D eigenvalue weighted by Crippen LogP contribution is 2.28. The summed E-state index contributed by atoms with van der Waals surface area (Å²) >= 11 is 7.63. The molecule has 1 aromatic carbocycles. The van der Waals surface area contributed by atoms with Crippen LogP contribution >= 0.6 is 35.3 Å². The standard InChI is InChI=1S/C17H20N2O4S3/c1-4-22-15(21)14(12(3)20)25-16-18-19(17(24)26-16)9-10-23-13-7-5-11(2)6-8-13/h5-8,14H,4,9-10H2,1-3H3. The first-order valence-electron chi connectivity index (χ1n) is 8.02. The Bertz CT molecular complexity index is 814. The van der Waals surface area contributed by atoms with Gasteiger partial charge in [-0.25, -0.2) is 4.68 Å². The molecule has 0 fully saturated rings. The molecule has 2 rings (SSSR count). The average molecular weight is 413 g/mol. The van der Waals surface area contributed by atoms with Gasteiger partial charge in [-0.3, -0.25) is 9.59 Å². The molecular formula is C17H20N2O4S3. The van der Waals surface area contributed by atoms with Gasteiger partial charge in [0.05, 0.1) is 13.2 Å². The van der Waals surface area contributed by atoms with Gasteiger partial charge in [0.2, 0.25) is 0 Å². The van der Waals surface area contributed by atoms with Crippen molar-refractivity contribution in [3.8, 4) is 5.75 Å². The summed E-state index contributed by atoms with van der Waals surface area (Å²) in [6, 6.07) is 7.78. The highest BCUT2D eigenvalue weighted by atomic mass is 32.2. The summed E-state index contributed by atoms with van der Waals surface area (Å²) in [5, 5.41) is 3.45. The molecule has 0 saturated heterocycles. The number of benzene rings is 1. The summed E-state index contributed by atoms with van der Waals surface area (Å²) in [6.07, 6.45) is 0. The summed E-state index contributed by atoms with van der Waals surface area (Å²) in [5.41, 5.74) is 1.17. The smallest absolute Gasteiger partial charge is 0.327 e. The zero-order valence-electron chi connectivity index (χ0n) is 14.8. The summed E-state index contributed by atoms with van der Waals surface area (Å²) in [4.78, 5) is 23.6. The first-order chi connectivity index (χ1) is 12.4. The van der Waals surface area contributed by atoms with Crippen molar-refractivity contribution in [2.75, 3.05) is 13.2 Å². The highest BCUT2D eigenvalue weighted by molar-refractivity contribution is 8.03. The number of Topliss-reactive ketones (excluding diaryl/α,β-unsaturated/α-hetero) is 1. The minimum Gasteiger partial charge on any atom is -0.492 e. The molecule has 0 aliphatic heterocycles. The van der Waals surface area contributed by atoms with Gasteiger partial charge >= 0.3 is 5.97 Å². The van der Waals surface area contributed by atoms with E-state index in [1.165, 1.54) is 23.8 Å². The fourth-order valence-corrected chi connectivity index (χ4v) is 4.43. The fraction of sp³-hybridized carbons (Fsp3) is 0.412. The molecule has 0 amide bonds. The molecular weight excluding hydrogens is 392 g/mol. The number of carbonyl (C=O) groups excluding carboxylic acids is 2. The van der Waals surface area contributed by atoms with Gasteiger partial charge in [-0.2, -0.15) is 5.10 Å². The van der Waals surface area contributed by atoms with Crippen LogP contribution in [0.3, 0.4) is 0 Å². The summed E-state index contributed by atoms with van der Waals surface area (Å²) in [6.45, 7) is 6.20. The lowest BCUT2D eigenvalue weighted by Gasteiger charge is -2.10. The molecule has 1 atom stereocenters. The molecule has 1 aromatic heterocycles. The number of thioether (sulfide) groups is 1. The SMILES string of the molecule is CCOC(=O)C(Sc1nn(CCOc2ccc(C)cc2)c(=S)s1)C(C)=O. The molecule has 0 bridgehead atoms. The van der Waals surface area contributed by atoms with Crippen LogP contribution in [-0.2, 0) is 20.9 Å². The van der Waals surface area contributed by atoms with E-state index in [9.17, 15) is 9.59 Å². The second-order valence-electron chi connectivity index (χ2n) is 5.38. The van der Waals surface area contributed by atoms with Gasteiger partial charge in [-0.1, -0.05) is 40.8 Å². The zero-order chi connectivity index (χ0) is 19.1. The van der Waals surface area contributed by atoms with Gasteiger partial charge in [0.1, 0.15) is 12.4 Å². The minimum absolute atomic E-state index is 0.226. The van der Waals surface area contributed by atoms with E-state index >= 15 is 0 Å². The third-order valence-electron chi connectivity index (χ3n) is 3.27. The number of carbonyl (C=O) groups is 2. The minimum atomic E-state index is -0.923. The van der Waals surface area contributed by atoms with Crippen LogP contribution in [0, 0.1) is 10.9 Å². The molecule has 0 spiro atoms. The molecule has 2 aromatic rings. The number of aryl methyl sites for hydroxylation is 1. The van der Waals surface area contributed by atoms with Crippen molar-refractivity contribution in [2.24, 2.45) is 0 Å². The zero-order valence-corrected chi connectivity index (χ0v) is 17.2. The van der Waals surface area contributed by atoms with Crippen LogP contribution < -0.4 is 4.74 Å². The second kappa shape index (κ2) is 9.84. The number of hydrogen-bond donors (Lipinski definition) is 0. The third-order valence-corrected chi connectivity index (χ3v) is 5.95. The van der Waals surface area contributed by atoms with Crippen molar-refractivity contribution >= 4 is 47.1 Å². The first kappa shape index (κ1) is 20.6. The Morgan fingerprint density at radius 2 is 2.04 bits per heavy atom. The topological polar surface area (TPSA) is 70.4 Å². The Labute approximate surface area is 165 Å². The first-order valence-corrected chi connectivity index (χ1v) is 10.1. The second-order valence-corrected chi connectivity index (χ2v) is 8.35. The molecule has 0 N–H and O–H groups in total. The third kappa shape index (κ3) is 5.93. The van der Waals surface area contributed by atoms with Crippen LogP contribution in [0.5, 0.6) is 5.75 Å². The molecule has 140 valence electrons. The normalized spacial score (nSPS) is 11.8. The lowest BCUT2D eigenvalue weighted by Crippen LogP contribution is -2.27. The molecule has 0 aliphatic carbocycles. The van der Waals surface area contributed by atoms with E-state index in [-0.39, 0.29) is 12.4 Å². The Kier molecular flexibility index (Phi) is 7.80. The number of hydrogen-bond acceptors (Lipinski definition) is 8. The lowest BCUT2D eigenvalue weighted by atomic mass is 10.2. The highest BCUT2D eigenvalue weighted by Gasteiger charge is 2.27. The van der Waals surface area contributed by atoms with Gasteiger partial charge < -0.3 is 9.47 Å². The number of esters is 1. The molecule has 0 saturated carbocycles. The Balaban J connectivity index is 1.96.